The van der Waals surface area contributed by atoms with Crippen molar-refractivity contribution in [2.24, 2.45) is 0 Å². The molecule has 0 amide bonds. The average molecular weight is 517 g/mol. The number of nitrogens with zero attached hydrogens (tertiary/aromatic N) is 1. The number of nitro benzene ring substituents is 1. The molecule has 0 saturated carbocycles. The van der Waals surface area contributed by atoms with Gasteiger partial charge >= 0.3 is 0 Å². The molecule has 32 heavy (non-hydrogen) atoms. The minimum Gasteiger partial charge on any atom is -0.306 e. The average Bonchev–Trinajstić information content (AvgIpc) is 2.74. The monoisotopic (exact) mass is 516 g/mol. The summed E-state index contributed by atoms with van der Waals surface area (Å²) in [4.78, 5) is 11.7. The molecule has 0 spiro atoms. The molecular formula is C18H14Cl2N4O6S2. The molecule has 10 nitrogen and oxygen atoms in total. The number of hydrogen-bond acceptors (Lipinski definition) is 7. The van der Waals surface area contributed by atoms with Crippen LogP contribution < -0.4 is 15.0 Å². The van der Waals surface area contributed by atoms with Gasteiger partial charge in [-0.15, -0.1) is 4.83 Å². The Morgan fingerprint density at radius 2 is 1.47 bits per heavy atom. The van der Waals surface area contributed by atoms with Gasteiger partial charge in [0.15, 0.2) is 0 Å². The molecule has 0 atom stereocenters. The van der Waals surface area contributed by atoms with E-state index in [0.717, 1.165) is 18.2 Å². The highest BCUT2D eigenvalue weighted by Crippen LogP contribution is 2.30. The zero-order valence-corrected chi connectivity index (χ0v) is 19.0. The largest absolute Gasteiger partial charge is 0.306 e. The summed E-state index contributed by atoms with van der Waals surface area (Å²) in [5, 5.41) is 11.6. The molecule has 0 fully saturated rings. The Morgan fingerprint density at radius 3 is 2.09 bits per heavy atom. The first kappa shape index (κ1) is 23.8. The Hall–Kier alpha value is -2.90. The molecule has 0 radical (unpaired) electrons. The number of para-hydroxylation sites is 1. The Morgan fingerprint density at radius 1 is 0.812 bits per heavy atom. The van der Waals surface area contributed by atoms with Gasteiger partial charge in [-0.2, -0.15) is 0 Å². The molecule has 3 N–H and O–H groups in total. The van der Waals surface area contributed by atoms with Crippen molar-refractivity contribution in [2.75, 3.05) is 10.1 Å². The molecule has 168 valence electrons. The maximum absolute atomic E-state index is 13.0. The van der Waals surface area contributed by atoms with Crippen LogP contribution >= 0.6 is 23.2 Å². The highest BCUT2D eigenvalue weighted by molar-refractivity contribution is 7.93. The fourth-order valence-electron chi connectivity index (χ4n) is 2.49. The zero-order valence-electron chi connectivity index (χ0n) is 15.8. The summed E-state index contributed by atoms with van der Waals surface area (Å²) < 4.78 is 53.1. The fraction of sp³-hybridized carbons (Fsp3) is 0. The van der Waals surface area contributed by atoms with Crippen molar-refractivity contribution < 1.29 is 21.8 Å². The summed E-state index contributed by atoms with van der Waals surface area (Å²) in [7, 11) is -8.53. The van der Waals surface area contributed by atoms with Crippen LogP contribution in [0.4, 0.5) is 17.1 Å². The lowest BCUT2D eigenvalue weighted by atomic mass is 10.3. The molecule has 0 aromatic heterocycles. The predicted octanol–water partition coefficient (Wildman–Crippen LogP) is 4.01. The van der Waals surface area contributed by atoms with Gasteiger partial charge in [-0.3, -0.25) is 14.8 Å². The predicted molar refractivity (Wildman–Crippen MR) is 121 cm³/mol. The summed E-state index contributed by atoms with van der Waals surface area (Å²) in [5.74, 6) is 0. The maximum Gasteiger partial charge on any atom is 0.270 e. The molecule has 3 aromatic rings. The molecule has 0 bridgehead atoms. The van der Waals surface area contributed by atoms with Crippen molar-refractivity contribution in [1.82, 2.24) is 4.83 Å². The SMILES string of the molecule is O=[N+]([O-])c1ccc(NNS(=O)(=O)c2ccc(Cl)cc2)c(S(=O)(=O)Nc2ccccc2Cl)c1. The van der Waals surface area contributed by atoms with E-state index in [1.165, 1.54) is 42.5 Å². The number of non-ortho nitro benzene ring substituents is 1. The molecule has 3 aromatic carbocycles. The summed E-state index contributed by atoms with van der Waals surface area (Å²) in [6.45, 7) is 0. The molecule has 0 aliphatic carbocycles. The van der Waals surface area contributed by atoms with Crippen molar-refractivity contribution in [3.05, 3.63) is 86.9 Å². The van der Waals surface area contributed by atoms with Crippen LogP contribution in [-0.2, 0) is 20.0 Å². The summed E-state index contributed by atoms with van der Waals surface area (Å²) in [6, 6.07) is 14.1. The van der Waals surface area contributed by atoms with Crippen LogP contribution in [0.2, 0.25) is 10.0 Å². The van der Waals surface area contributed by atoms with Crippen LogP contribution in [0.1, 0.15) is 0 Å². The van der Waals surface area contributed by atoms with E-state index in [2.05, 4.69) is 10.1 Å². The lowest BCUT2D eigenvalue weighted by Crippen LogP contribution is -2.30. The van der Waals surface area contributed by atoms with Crippen LogP contribution in [0.15, 0.2) is 76.5 Å². The third-order valence-electron chi connectivity index (χ3n) is 4.03. The lowest BCUT2D eigenvalue weighted by Gasteiger charge is -2.15. The van der Waals surface area contributed by atoms with E-state index in [1.807, 2.05) is 4.83 Å². The van der Waals surface area contributed by atoms with Crippen molar-refractivity contribution in [2.45, 2.75) is 9.79 Å². The summed E-state index contributed by atoms with van der Waals surface area (Å²) in [6.07, 6.45) is 0. The zero-order chi connectivity index (χ0) is 23.5. The molecule has 0 unspecified atom stereocenters. The van der Waals surface area contributed by atoms with Crippen LogP contribution in [0.5, 0.6) is 0 Å². The molecule has 0 saturated heterocycles. The van der Waals surface area contributed by atoms with Crippen molar-refractivity contribution in [3.8, 4) is 0 Å². The van der Waals surface area contributed by atoms with E-state index in [9.17, 15) is 26.9 Å². The second-order valence-corrected chi connectivity index (χ2v) is 10.4. The Labute approximate surface area is 193 Å². The van der Waals surface area contributed by atoms with E-state index >= 15 is 0 Å². The lowest BCUT2D eigenvalue weighted by molar-refractivity contribution is -0.385. The number of nitrogens with one attached hydrogen (secondary N) is 3. The summed E-state index contributed by atoms with van der Waals surface area (Å²) in [5.41, 5.74) is 1.55. The van der Waals surface area contributed by atoms with Gasteiger partial charge in [0, 0.05) is 17.2 Å². The number of hydrazine groups is 1. The number of halogens is 2. The normalized spacial score (nSPS) is 11.7. The first-order valence-electron chi connectivity index (χ1n) is 8.59. The first-order valence-corrected chi connectivity index (χ1v) is 12.3. The number of anilines is 2. The van der Waals surface area contributed by atoms with Crippen molar-refractivity contribution in [3.63, 3.8) is 0 Å². The van der Waals surface area contributed by atoms with Gasteiger partial charge in [0.25, 0.3) is 25.7 Å². The Bertz CT molecular complexity index is 1380. The van der Waals surface area contributed by atoms with E-state index in [4.69, 9.17) is 23.2 Å². The Balaban J connectivity index is 1.97. The van der Waals surface area contributed by atoms with Gasteiger partial charge < -0.3 is 5.43 Å². The quantitative estimate of drug-likeness (QED) is 0.302. The fourth-order valence-corrected chi connectivity index (χ4v) is 4.97. The highest BCUT2D eigenvalue weighted by Gasteiger charge is 2.24. The van der Waals surface area contributed by atoms with Gasteiger partial charge in [-0.25, -0.2) is 16.8 Å². The van der Waals surface area contributed by atoms with E-state index in [-0.39, 0.29) is 21.3 Å². The number of nitro groups is 1. The number of hydrogen-bond donors (Lipinski definition) is 3. The van der Waals surface area contributed by atoms with E-state index in [1.54, 1.807) is 6.07 Å². The number of sulfonamides is 2. The third kappa shape index (κ3) is 5.47. The Kier molecular flexibility index (Phi) is 6.91. The minimum atomic E-state index is -4.41. The van der Waals surface area contributed by atoms with Crippen LogP contribution in [-0.4, -0.2) is 21.8 Å². The molecule has 3 rings (SSSR count). The van der Waals surface area contributed by atoms with Crippen LogP contribution in [0, 0.1) is 10.1 Å². The topological polar surface area (TPSA) is 148 Å². The molecule has 0 aliphatic rings. The van der Waals surface area contributed by atoms with E-state index < -0.39 is 35.6 Å². The van der Waals surface area contributed by atoms with Gasteiger partial charge in [0.05, 0.1) is 26.2 Å². The standard InChI is InChI=1S/C18H14Cl2N4O6S2/c19-12-5-8-14(9-6-12)31(27,28)23-21-17-10-7-13(24(25)26)11-18(17)32(29,30)22-16-4-2-1-3-15(16)20/h1-11,21-23H. The van der Waals surface area contributed by atoms with Crippen molar-refractivity contribution in [1.29, 1.82) is 0 Å². The smallest absolute Gasteiger partial charge is 0.270 e. The third-order valence-corrected chi connectivity index (χ3v) is 7.28. The summed E-state index contributed by atoms with van der Waals surface area (Å²) >= 11 is 11.7. The van der Waals surface area contributed by atoms with Crippen LogP contribution in [0.3, 0.4) is 0 Å². The van der Waals surface area contributed by atoms with E-state index in [0.29, 0.717) is 5.02 Å². The van der Waals surface area contributed by atoms with Gasteiger partial charge in [0.1, 0.15) is 4.90 Å². The number of rotatable bonds is 8. The van der Waals surface area contributed by atoms with Gasteiger partial charge in [0.2, 0.25) is 0 Å². The van der Waals surface area contributed by atoms with Crippen LogP contribution in [0.25, 0.3) is 0 Å². The first-order chi connectivity index (χ1) is 15.0. The molecule has 14 heteroatoms. The van der Waals surface area contributed by atoms with Gasteiger partial charge in [-0.05, 0) is 42.5 Å². The minimum absolute atomic E-state index is 0.0355. The maximum atomic E-state index is 13.0. The highest BCUT2D eigenvalue weighted by atomic mass is 35.5. The molecule has 0 aliphatic heterocycles. The van der Waals surface area contributed by atoms with Crippen molar-refractivity contribution >= 4 is 60.3 Å². The van der Waals surface area contributed by atoms with Gasteiger partial charge in [-0.1, -0.05) is 35.3 Å². The molecular weight excluding hydrogens is 503 g/mol. The number of benzene rings is 3. The second kappa shape index (κ2) is 9.30. The molecule has 0 heterocycles. The second-order valence-electron chi connectivity index (χ2n) is 6.21.